The van der Waals surface area contributed by atoms with Gasteiger partial charge in [0.15, 0.2) is 0 Å². The van der Waals surface area contributed by atoms with Crippen LogP contribution in [0.5, 0.6) is 0 Å². The molecule has 0 aliphatic rings. The zero-order valence-corrected chi connectivity index (χ0v) is 10.6. The number of terminal acetylenes is 1. The molecule has 0 saturated carbocycles. The summed E-state index contributed by atoms with van der Waals surface area (Å²) in [6.45, 7) is 2.44. The Bertz CT molecular complexity index is 436. The number of rotatable bonds is 5. The van der Waals surface area contributed by atoms with E-state index in [1.54, 1.807) is 12.1 Å². The number of carbonyl (C=O) groups excluding carboxylic acids is 1. The van der Waals surface area contributed by atoms with Crippen molar-refractivity contribution in [3.63, 3.8) is 0 Å². The van der Waals surface area contributed by atoms with Crippen molar-refractivity contribution >= 4 is 5.91 Å². The highest BCUT2D eigenvalue weighted by Crippen LogP contribution is 2.18. The summed E-state index contributed by atoms with van der Waals surface area (Å²) in [6, 6.07) is 6.30. The maximum Gasteiger partial charge on any atom is 0.234 e. The van der Waals surface area contributed by atoms with Gasteiger partial charge in [-0.2, -0.15) is 0 Å². The first-order valence-corrected chi connectivity index (χ1v) is 5.70. The highest BCUT2D eigenvalue weighted by atomic mass is 19.1. The van der Waals surface area contributed by atoms with Crippen LogP contribution in [0.3, 0.4) is 0 Å². The van der Waals surface area contributed by atoms with E-state index in [0.29, 0.717) is 0 Å². The molecular weight excluding hydrogens is 231 g/mol. The summed E-state index contributed by atoms with van der Waals surface area (Å²) in [5, 5.41) is 2.60. The molecule has 0 saturated heterocycles. The summed E-state index contributed by atoms with van der Waals surface area (Å²) in [6.07, 6.45) is 5.06. The van der Waals surface area contributed by atoms with Crippen molar-refractivity contribution in [2.45, 2.75) is 13.0 Å². The first kappa shape index (κ1) is 14.2. The fourth-order valence-corrected chi connectivity index (χ4v) is 1.56. The summed E-state index contributed by atoms with van der Waals surface area (Å²) < 4.78 is 12.8. The van der Waals surface area contributed by atoms with E-state index in [1.165, 1.54) is 12.1 Å². The SMILES string of the molecule is C#CCNC(=O)CN(C)[C@H](C)c1ccc(F)cc1. The van der Waals surface area contributed by atoms with E-state index in [2.05, 4.69) is 11.2 Å². The summed E-state index contributed by atoms with van der Waals surface area (Å²) >= 11 is 0. The summed E-state index contributed by atoms with van der Waals surface area (Å²) in [5.74, 6) is 1.96. The molecule has 1 atom stereocenters. The maximum absolute atomic E-state index is 12.8. The van der Waals surface area contributed by atoms with Crippen molar-refractivity contribution in [1.29, 1.82) is 0 Å². The van der Waals surface area contributed by atoms with Crippen LogP contribution in [0.4, 0.5) is 4.39 Å². The number of hydrogen-bond donors (Lipinski definition) is 1. The second-order valence-corrected chi connectivity index (χ2v) is 4.12. The van der Waals surface area contributed by atoms with Gasteiger partial charge in [-0.25, -0.2) is 4.39 Å². The Morgan fingerprint density at radius 1 is 1.50 bits per heavy atom. The number of nitrogens with zero attached hydrogens (tertiary/aromatic N) is 1. The number of nitrogens with one attached hydrogen (secondary N) is 1. The van der Waals surface area contributed by atoms with Crippen LogP contribution in [0.25, 0.3) is 0 Å². The van der Waals surface area contributed by atoms with Crippen LogP contribution >= 0.6 is 0 Å². The monoisotopic (exact) mass is 248 g/mol. The molecule has 0 aliphatic heterocycles. The largest absolute Gasteiger partial charge is 0.344 e. The van der Waals surface area contributed by atoms with E-state index in [-0.39, 0.29) is 30.9 Å². The average Bonchev–Trinajstić information content (AvgIpc) is 2.36. The third-order valence-corrected chi connectivity index (χ3v) is 2.79. The van der Waals surface area contributed by atoms with E-state index in [1.807, 2.05) is 18.9 Å². The van der Waals surface area contributed by atoms with E-state index in [0.717, 1.165) is 5.56 Å². The molecule has 0 aromatic heterocycles. The minimum absolute atomic E-state index is 0.0298. The fraction of sp³-hybridized carbons (Fsp3) is 0.357. The lowest BCUT2D eigenvalue weighted by molar-refractivity contribution is -0.122. The van der Waals surface area contributed by atoms with Crippen LogP contribution in [0.2, 0.25) is 0 Å². The molecule has 0 spiro atoms. The molecule has 1 N–H and O–H groups in total. The molecule has 0 aliphatic carbocycles. The zero-order chi connectivity index (χ0) is 13.5. The lowest BCUT2D eigenvalue weighted by Crippen LogP contribution is -2.36. The van der Waals surface area contributed by atoms with Gasteiger partial charge in [-0.15, -0.1) is 6.42 Å². The van der Waals surface area contributed by atoms with Crippen LogP contribution in [-0.4, -0.2) is 30.9 Å². The van der Waals surface area contributed by atoms with Gasteiger partial charge in [0.1, 0.15) is 5.82 Å². The lowest BCUT2D eigenvalue weighted by Gasteiger charge is -2.24. The Balaban J connectivity index is 2.56. The highest BCUT2D eigenvalue weighted by molar-refractivity contribution is 5.78. The number of likely N-dealkylation sites (N-methyl/N-ethyl adjacent to an activating group) is 1. The van der Waals surface area contributed by atoms with Gasteiger partial charge in [-0.05, 0) is 31.7 Å². The maximum atomic E-state index is 12.8. The molecule has 4 heteroatoms. The van der Waals surface area contributed by atoms with Crippen LogP contribution in [-0.2, 0) is 4.79 Å². The molecule has 0 bridgehead atoms. The molecule has 0 fully saturated rings. The molecule has 1 aromatic rings. The third-order valence-electron chi connectivity index (χ3n) is 2.79. The smallest absolute Gasteiger partial charge is 0.234 e. The molecule has 1 rings (SSSR count). The first-order chi connectivity index (χ1) is 8.54. The van der Waals surface area contributed by atoms with Gasteiger partial charge in [0.05, 0.1) is 13.1 Å². The van der Waals surface area contributed by atoms with E-state index >= 15 is 0 Å². The molecule has 0 radical (unpaired) electrons. The van der Waals surface area contributed by atoms with Crippen molar-refractivity contribution in [1.82, 2.24) is 10.2 Å². The molecule has 18 heavy (non-hydrogen) atoms. The van der Waals surface area contributed by atoms with Crippen molar-refractivity contribution in [3.8, 4) is 12.3 Å². The quantitative estimate of drug-likeness (QED) is 0.802. The molecule has 0 unspecified atom stereocenters. The van der Waals surface area contributed by atoms with Gasteiger partial charge < -0.3 is 5.32 Å². The number of carbonyl (C=O) groups is 1. The van der Waals surface area contributed by atoms with Gasteiger partial charge >= 0.3 is 0 Å². The second-order valence-electron chi connectivity index (χ2n) is 4.12. The van der Waals surface area contributed by atoms with Crippen LogP contribution < -0.4 is 5.32 Å². The Labute approximate surface area is 107 Å². The van der Waals surface area contributed by atoms with Gasteiger partial charge in [0.25, 0.3) is 0 Å². The molecular formula is C14H17FN2O. The predicted octanol–water partition coefficient (Wildman–Crippen LogP) is 1.57. The normalized spacial score (nSPS) is 11.9. The van der Waals surface area contributed by atoms with Gasteiger partial charge in [0.2, 0.25) is 5.91 Å². The number of amides is 1. The van der Waals surface area contributed by atoms with Crippen LogP contribution in [0.15, 0.2) is 24.3 Å². The number of halogens is 1. The van der Waals surface area contributed by atoms with Gasteiger partial charge in [-0.1, -0.05) is 18.1 Å². The first-order valence-electron chi connectivity index (χ1n) is 5.70. The lowest BCUT2D eigenvalue weighted by atomic mass is 10.1. The predicted molar refractivity (Wildman–Crippen MR) is 69.3 cm³/mol. The van der Waals surface area contributed by atoms with Crippen molar-refractivity contribution < 1.29 is 9.18 Å². The van der Waals surface area contributed by atoms with Crippen molar-refractivity contribution in [2.24, 2.45) is 0 Å². The van der Waals surface area contributed by atoms with Gasteiger partial charge in [-0.3, -0.25) is 9.69 Å². The molecule has 96 valence electrons. The van der Waals surface area contributed by atoms with Crippen molar-refractivity contribution in [2.75, 3.05) is 20.1 Å². The standard InChI is InChI=1S/C14H17FN2O/c1-4-9-16-14(18)10-17(3)11(2)12-5-7-13(15)8-6-12/h1,5-8,11H,9-10H2,2-3H3,(H,16,18)/t11-/m1/s1. The van der Waals surface area contributed by atoms with Crippen LogP contribution in [0.1, 0.15) is 18.5 Å². The molecule has 3 nitrogen and oxygen atoms in total. The average molecular weight is 248 g/mol. The molecule has 1 amide bonds. The topological polar surface area (TPSA) is 32.3 Å². The zero-order valence-electron chi connectivity index (χ0n) is 10.6. The summed E-state index contributed by atoms with van der Waals surface area (Å²) in [7, 11) is 1.84. The fourth-order valence-electron chi connectivity index (χ4n) is 1.56. The highest BCUT2D eigenvalue weighted by Gasteiger charge is 2.14. The number of benzene rings is 1. The minimum Gasteiger partial charge on any atom is -0.344 e. The Morgan fingerprint density at radius 3 is 2.67 bits per heavy atom. The van der Waals surface area contributed by atoms with E-state index in [4.69, 9.17) is 6.42 Å². The number of hydrogen-bond acceptors (Lipinski definition) is 2. The third kappa shape index (κ3) is 4.19. The Kier molecular flexibility index (Phi) is 5.34. The van der Waals surface area contributed by atoms with Crippen molar-refractivity contribution in [3.05, 3.63) is 35.6 Å². The molecule has 0 heterocycles. The van der Waals surface area contributed by atoms with E-state index in [9.17, 15) is 9.18 Å². The second kappa shape index (κ2) is 6.77. The van der Waals surface area contributed by atoms with Gasteiger partial charge in [0, 0.05) is 6.04 Å². The summed E-state index contributed by atoms with van der Waals surface area (Å²) in [4.78, 5) is 13.4. The molecule has 1 aromatic carbocycles. The van der Waals surface area contributed by atoms with Crippen LogP contribution in [0, 0.1) is 18.2 Å². The Hall–Kier alpha value is -1.86. The van der Waals surface area contributed by atoms with E-state index < -0.39 is 0 Å². The minimum atomic E-state index is -0.264. The summed E-state index contributed by atoms with van der Waals surface area (Å²) in [5.41, 5.74) is 0.962. The Morgan fingerprint density at radius 2 is 2.11 bits per heavy atom.